The molecule has 0 aromatic carbocycles. The number of fused-ring (bicyclic) bond motifs is 2. The van der Waals surface area contributed by atoms with E-state index in [0.29, 0.717) is 35.5 Å². The molecule has 0 aliphatic carbocycles. The molecule has 5 rings (SSSR count). The first-order chi connectivity index (χ1) is 15.7. The van der Waals surface area contributed by atoms with E-state index in [9.17, 15) is 9.59 Å². The normalized spacial score (nSPS) is 11.3. The Bertz CT molecular complexity index is 1480. The second-order valence-electron chi connectivity index (χ2n) is 7.47. The van der Waals surface area contributed by atoms with Crippen LogP contribution >= 0.6 is 11.3 Å². The van der Waals surface area contributed by atoms with Crippen molar-refractivity contribution in [3.05, 3.63) is 87.2 Å². The first-order valence-electron chi connectivity index (χ1n) is 10.4. The molecule has 160 valence electrons. The van der Waals surface area contributed by atoms with E-state index in [1.54, 1.807) is 41.9 Å². The Morgan fingerprint density at radius 1 is 1.19 bits per heavy atom. The number of rotatable bonds is 6. The molecule has 1 amide bonds. The van der Waals surface area contributed by atoms with Gasteiger partial charge in [-0.2, -0.15) is 11.3 Å². The van der Waals surface area contributed by atoms with E-state index in [0.717, 1.165) is 23.2 Å². The Hall–Kier alpha value is -3.78. The van der Waals surface area contributed by atoms with Crippen LogP contribution in [-0.4, -0.2) is 24.8 Å². The van der Waals surface area contributed by atoms with Crippen molar-refractivity contribution < 1.29 is 4.79 Å². The second kappa shape index (κ2) is 8.39. The van der Waals surface area contributed by atoms with E-state index in [1.165, 1.54) is 4.40 Å². The van der Waals surface area contributed by atoms with Crippen molar-refractivity contribution in [2.45, 2.75) is 26.4 Å². The number of amides is 1. The molecular weight excluding hydrogens is 422 g/mol. The highest BCUT2D eigenvalue weighted by Gasteiger charge is 2.19. The fourth-order valence-corrected chi connectivity index (χ4v) is 4.54. The summed E-state index contributed by atoms with van der Waals surface area (Å²) in [7, 11) is 0. The number of carbonyl (C=O) groups is 1. The lowest BCUT2D eigenvalue weighted by atomic mass is 10.1. The number of hydrogen-bond acceptors (Lipinski definition) is 5. The third-order valence-electron chi connectivity index (χ3n) is 5.38. The Balaban J connectivity index is 1.52. The summed E-state index contributed by atoms with van der Waals surface area (Å²) in [6, 6.07) is 12.9. The second-order valence-corrected chi connectivity index (χ2v) is 8.25. The molecule has 0 bridgehead atoms. The summed E-state index contributed by atoms with van der Waals surface area (Å²) >= 11 is 1.61. The van der Waals surface area contributed by atoms with Crippen molar-refractivity contribution in [2.24, 2.45) is 0 Å². The lowest BCUT2D eigenvalue weighted by Crippen LogP contribution is -2.26. The maximum absolute atomic E-state index is 13.2. The zero-order chi connectivity index (χ0) is 22.1. The molecule has 5 aromatic rings. The van der Waals surface area contributed by atoms with Gasteiger partial charge in [0.25, 0.3) is 11.5 Å². The van der Waals surface area contributed by atoms with Gasteiger partial charge in [0.05, 0.1) is 11.1 Å². The SMILES string of the molecule is CCCn1c(C(=O)NCc2cccnc2-c2ccsc2)cc2c(=O)n3ccccc3nc21. The number of carbonyl (C=O) groups excluding carboxylic acids is 1. The van der Waals surface area contributed by atoms with Crippen molar-refractivity contribution in [3.8, 4) is 11.3 Å². The molecule has 0 radical (unpaired) electrons. The molecule has 1 N–H and O–H groups in total. The van der Waals surface area contributed by atoms with Crippen LogP contribution in [0.3, 0.4) is 0 Å². The van der Waals surface area contributed by atoms with Crippen molar-refractivity contribution in [3.63, 3.8) is 0 Å². The number of nitrogens with zero attached hydrogens (tertiary/aromatic N) is 4. The van der Waals surface area contributed by atoms with E-state index in [-0.39, 0.29) is 11.5 Å². The zero-order valence-corrected chi connectivity index (χ0v) is 18.3. The van der Waals surface area contributed by atoms with E-state index in [2.05, 4.69) is 15.3 Å². The van der Waals surface area contributed by atoms with Crippen LogP contribution in [0.25, 0.3) is 27.9 Å². The largest absolute Gasteiger partial charge is 0.347 e. The summed E-state index contributed by atoms with van der Waals surface area (Å²) in [4.78, 5) is 35.4. The van der Waals surface area contributed by atoms with Crippen LogP contribution in [0.2, 0.25) is 0 Å². The Morgan fingerprint density at radius 2 is 2.09 bits per heavy atom. The van der Waals surface area contributed by atoms with Crippen molar-refractivity contribution in [1.82, 2.24) is 24.3 Å². The van der Waals surface area contributed by atoms with Gasteiger partial charge in [-0.25, -0.2) is 4.98 Å². The smallest absolute Gasteiger partial charge is 0.268 e. The van der Waals surface area contributed by atoms with Crippen molar-refractivity contribution in [2.75, 3.05) is 0 Å². The number of hydrogen-bond donors (Lipinski definition) is 1. The number of pyridine rings is 2. The summed E-state index contributed by atoms with van der Waals surface area (Å²) in [6.45, 7) is 2.96. The molecule has 7 nitrogen and oxygen atoms in total. The highest BCUT2D eigenvalue weighted by atomic mass is 32.1. The van der Waals surface area contributed by atoms with Gasteiger partial charge in [-0.05, 0) is 47.7 Å². The number of aromatic nitrogens is 4. The molecule has 0 saturated heterocycles. The highest BCUT2D eigenvalue weighted by Crippen LogP contribution is 2.24. The summed E-state index contributed by atoms with van der Waals surface area (Å²) < 4.78 is 3.34. The summed E-state index contributed by atoms with van der Waals surface area (Å²) in [5.41, 5.74) is 4.17. The molecule has 0 fully saturated rings. The van der Waals surface area contributed by atoms with E-state index < -0.39 is 0 Å². The van der Waals surface area contributed by atoms with E-state index in [1.807, 2.05) is 46.5 Å². The van der Waals surface area contributed by atoms with Gasteiger partial charge in [-0.15, -0.1) is 0 Å². The van der Waals surface area contributed by atoms with E-state index >= 15 is 0 Å². The Labute approximate surface area is 188 Å². The third-order valence-corrected chi connectivity index (χ3v) is 6.06. The maximum atomic E-state index is 13.2. The Morgan fingerprint density at radius 3 is 2.91 bits per heavy atom. The number of thiophene rings is 1. The van der Waals surface area contributed by atoms with Crippen molar-refractivity contribution in [1.29, 1.82) is 0 Å². The van der Waals surface area contributed by atoms with Crippen LogP contribution in [-0.2, 0) is 13.1 Å². The maximum Gasteiger partial charge on any atom is 0.268 e. The Kier molecular flexibility index (Phi) is 5.28. The van der Waals surface area contributed by atoms with Crippen LogP contribution in [0.15, 0.2) is 70.4 Å². The number of aryl methyl sites for hydroxylation is 1. The van der Waals surface area contributed by atoms with Gasteiger partial charge in [-0.1, -0.05) is 19.1 Å². The summed E-state index contributed by atoms with van der Waals surface area (Å²) in [5.74, 6) is -0.245. The van der Waals surface area contributed by atoms with Crippen LogP contribution in [0.4, 0.5) is 0 Å². The van der Waals surface area contributed by atoms with E-state index in [4.69, 9.17) is 0 Å². The predicted molar refractivity (Wildman–Crippen MR) is 126 cm³/mol. The van der Waals surface area contributed by atoms with Gasteiger partial charge < -0.3 is 9.88 Å². The van der Waals surface area contributed by atoms with Crippen LogP contribution in [0.5, 0.6) is 0 Å². The fourth-order valence-electron chi connectivity index (χ4n) is 3.90. The molecule has 0 aliphatic rings. The molecule has 5 heterocycles. The quantitative estimate of drug-likeness (QED) is 0.428. The zero-order valence-electron chi connectivity index (χ0n) is 17.5. The fraction of sp³-hybridized carbons (Fsp3) is 0.167. The highest BCUT2D eigenvalue weighted by molar-refractivity contribution is 7.08. The molecule has 0 atom stereocenters. The van der Waals surface area contributed by atoms with Crippen LogP contribution in [0, 0.1) is 0 Å². The monoisotopic (exact) mass is 443 g/mol. The molecule has 5 aromatic heterocycles. The molecule has 8 heteroatoms. The average molecular weight is 444 g/mol. The molecule has 0 aliphatic heterocycles. The average Bonchev–Trinajstić information content (AvgIpc) is 3.47. The summed E-state index contributed by atoms with van der Waals surface area (Å²) in [6.07, 6.45) is 4.25. The molecule has 32 heavy (non-hydrogen) atoms. The molecular formula is C24H21N5O2S. The predicted octanol–water partition coefficient (Wildman–Crippen LogP) is 4.11. The lowest BCUT2D eigenvalue weighted by molar-refractivity contribution is 0.0942. The van der Waals surface area contributed by atoms with Gasteiger partial charge in [0.1, 0.15) is 17.0 Å². The topological polar surface area (TPSA) is 81.3 Å². The van der Waals surface area contributed by atoms with Crippen LogP contribution in [0.1, 0.15) is 29.4 Å². The van der Waals surface area contributed by atoms with Crippen molar-refractivity contribution >= 4 is 33.9 Å². The molecule has 0 saturated carbocycles. The third kappa shape index (κ3) is 3.48. The minimum Gasteiger partial charge on any atom is -0.347 e. The van der Waals surface area contributed by atoms with Crippen LogP contribution < -0.4 is 10.9 Å². The first kappa shape index (κ1) is 20.1. The first-order valence-corrected chi connectivity index (χ1v) is 11.4. The summed E-state index contributed by atoms with van der Waals surface area (Å²) in [5, 5.41) is 7.49. The minimum absolute atomic E-state index is 0.179. The minimum atomic E-state index is -0.245. The van der Waals surface area contributed by atoms with Gasteiger partial charge >= 0.3 is 0 Å². The van der Waals surface area contributed by atoms with Gasteiger partial charge in [0.2, 0.25) is 0 Å². The van der Waals surface area contributed by atoms with Gasteiger partial charge in [0.15, 0.2) is 0 Å². The van der Waals surface area contributed by atoms with Gasteiger partial charge in [-0.3, -0.25) is 19.0 Å². The molecule has 0 spiro atoms. The number of nitrogens with one attached hydrogen (secondary N) is 1. The lowest BCUT2D eigenvalue weighted by Gasteiger charge is -2.11. The molecule has 0 unspecified atom stereocenters. The van der Waals surface area contributed by atoms with Gasteiger partial charge in [0, 0.05) is 36.4 Å². The standard InChI is InChI=1S/C24H21N5O2S/c1-2-10-28-19(13-18-22(28)27-20-7-3-4-11-29(20)24(18)31)23(30)26-14-16-6-5-9-25-21(16)17-8-12-32-15-17/h3-9,11-13,15H,2,10,14H2,1H3,(H,26,30).